The van der Waals surface area contributed by atoms with Crippen molar-refractivity contribution in [3.8, 4) is 17.1 Å². The van der Waals surface area contributed by atoms with Crippen molar-refractivity contribution in [1.29, 1.82) is 0 Å². The van der Waals surface area contributed by atoms with E-state index in [0.717, 1.165) is 24.7 Å². The second-order valence-corrected chi connectivity index (χ2v) is 13.8. The first-order chi connectivity index (χ1) is 23.9. The highest BCUT2D eigenvalue weighted by Gasteiger charge is 2.33. The van der Waals surface area contributed by atoms with Crippen molar-refractivity contribution in [3.05, 3.63) is 83.2 Å². The maximum Gasteiger partial charge on any atom is 0.372 e. The zero-order chi connectivity index (χ0) is 36.0. The minimum Gasteiger partial charge on any atom is -0.494 e. The van der Waals surface area contributed by atoms with Gasteiger partial charge in [-0.05, 0) is 79.6 Å². The lowest BCUT2D eigenvalue weighted by molar-refractivity contribution is -0.148. The Morgan fingerprint density at radius 2 is 1.72 bits per heavy atom. The Hall–Kier alpha value is -5.08. The predicted octanol–water partition coefficient (Wildman–Crippen LogP) is 5.34. The highest BCUT2D eigenvalue weighted by Crippen LogP contribution is 2.48. The molecular formula is C36H37FN2O10S. The van der Waals surface area contributed by atoms with Gasteiger partial charge in [-0.15, -0.1) is 0 Å². The van der Waals surface area contributed by atoms with E-state index >= 15 is 0 Å². The number of ether oxygens (including phenoxy) is 2. The van der Waals surface area contributed by atoms with Crippen molar-refractivity contribution in [2.24, 2.45) is 0 Å². The lowest BCUT2D eigenvalue weighted by Gasteiger charge is -2.25. The quantitative estimate of drug-likeness (QED) is 0.0595. The van der Waals surface area contributed by atoms with Crippen molar-refractivity contribution >= 4 is 50.1 Å². The molecular weight excluding hydrogens is 671 g/mol. The molecule has 12 nitrogen and oxygen atoms in total. The van der Waals surface area contributed by atoms with Crippen molar-refractivity contribution in [2.75, 3.05) is 44.0 Å². The number of carboxylic acids is 1. The number of Topliss-reactive ketones (excluding diaryl/α,β-unsaturated/α-hetero) is 2. The highest BCUT2D eigenvalue weighted by atomic mass is 32.2. The third kappa shape index (κ3) is 8.74. The van der Waals surface area contributed by atoms with Gasteiger partial charge in [-0.25, -0.2) is 17.6 Å². The van der Waals surface area contributed by atoms with E-state index in [4.69, 9.17) is 19.0 Å². The van der Waals surface area contributed by atoms with E-state index in [9.17, 15) is 32.0 Å². The predicted molar refractivity (Wildman–Crippen MR) is 183 cm³/mol. The summed E-state index contributed by atoms with van der Waals surface area (Å²) in [5.74, 6) is -3.51. The first-order valence-corrected chi connectivity index (χ1v) is 17.9. The van der Waals surface area contributed by atoms with Gasteiger partial charge in [-0.3, -0.25) is 18.7 Å². The molecule has 3 aromatic carbocycles. The minimum absolute atomic E-state index is 0.0413. The fraction of sp³-hybridized carbons (Fsp3) is 0.333. The van der Waals surface area contributed by atoms with Crippen LogP contribution in [0.15, 0.2) is 65.1 Å². The van der Waals surface area contributed by atoms with E-state index in [1.165, 1.54) is 47.8 Å². The Balaban J connectivity index is 1.22. The summed E-state index contributed by atoms with van der Waals surface area (Å²) in [4.78, 5) is 47.3. The van der Waals surface area contributed by atoms with Crippen LogP contribution < -0.4 is 14.4 Å². The summed E-state index contributed by atoms with van der Waals surface area (Å²) in [5.41, 5.74) is 2.52. The molecule has 0 unspecified atom stereocenters. The molecule has 1 fully saturated rings. The molecule has 0 bridgehead atoms. The Morgan fingerprint density at radius 3 is 2.38 bits per heavy atom. The number of unbranched alkanes of at least 4 members (excludes halogenated alkanes) is 1. The van der Waals surface area contributed by atoms with Gasteiger partial charge in [0.15, 0.2) is 5.78 Å². The molecule has 1 aromatic heterocycles. The van der Waals surface area contributed by atoms with Gasteiger partial charge in [0, 0.05) is 36.2 Å². The largest absolute Gasteiger partial charge is 0.494 e. The van der Waals surface area contributed by atoms with Gasteiger partial charge in [-0.1, -0.05) is 12.1 Å². The molecule has 0 saturated heterocycles. The smallest absolute Gasteiger partial charge is 0.372 e. The van der Waals surface area contributed by atoms with Crippen LogP contribution in [0.3, 0.4) is 0 Å². The summed E-state index contributed by atoms with van der Waals surface area (Å²) in [6.07, 6.45) is 3.33. The summed E-state index contributed by atoms with van der Waals surface area (Å²) in [6.45, 7) is 0.785. The SMILES string of the molecule is CNC(=O)c1c(-c2ccc(F)cc2)oc2cc(N(CCOCCCCOc3cccc(C(=O)CC(=O)C(=O)O)c3)S(C)(=O)=O)c(C3CC3)cc12. The maximum absolute atomic E-state index is 13.7. The zero-order valence-corrected chi connectivity index (χ0v) is 28.4. The van der Waals surface area contributed by atoms with Crippen LogP contribution in [-0.2, 0) is 24.3 Å². The lowest BCUT2D eigenvalue weighted by atomic mass is 10.0. The monoisotopic (exact) mass is 708 g/mol. The topological polar surface area (TPSA) is 170 Å². The molecule has 1 heterocycles. The van der Waals surface area contributed by atoms with Gasteiger partial charge in [-0.2, -0.15) is 0 Å². The number of carbonyl (C=O) groups is 4. The van der Waals surface area contributed by atoms with Crippen LogP contribution in [0.2, 0.25) is 0 Å². The van der Waals surface area contributed by atoms with E-state index in [0.29, 0.717) is 54.0 Å². The first kappa shape index (κ1) is 36.2. The summed E-state index contributed by atoms with van der Waals surface area (Å²) < 4.78 is 58.8. The summed E-state index contributed by atoms with van der Waals surface area (Å²) in [7, 11) is -2.24. The van der Waals surface area contributed by atoms with Crippen LogP contribution in [-0.4, -0.2) is 76.6 Å². The van der Waals surface area contributed by atoms with E-state index in [1.54, 1.807) is 18.2 Å². The second kappa shape index (κ2) is 15.6. The Bertz CT molecular complexity index is 2020. The van der Waals surface area contributed by atoms with Gasteiger partial charge in [0.1, 0.15) is 22.9 Å². The summed E-state index contributed by atoms with van der Waals surface area (Å²) >= 11 is 0. The number of amides is 1. The van der Waals surface area contributed by atoms with Crippen LogP contribution >= 0.6 is 0 Å². The number of furan rings is 1. The fourth-order valence-electron chi connectivity index (χ4n) is 5.53. The van der Waals surface area contributed by atoms with Gasteiger partial charge < -0.3 is 24.3 Å². The minimum atomic E-state index is -3.75. The molecule has 1 saturated carbocycles. The molecule has 264 valence electrons. The average molecular weight is 709 g/mol. The number of ketones is 2. The number of carbonyl (C=O) groups excluding carboxylic acids is 3. The molecule has 0 spiro atoms. The maximum atomic E-state index is 13.7. The number of hydrogen-bond acceptors (Lipinski definition) is 9. The number of fused-ring (bicyclic) bond motifs is 1. The van der Waals surface area contributed by atoms with E-state index in [1.807, 2.05) is 6.07 Å². The number of benzene rings is 3. The van der Waals surface area contributed by atoms with Crippen LogP contribution in [0.5, 0.6) is 5.75 Å². The number of carboxylic acid groups (broad SMARTS) is 1. The fourth-order valence-corrected chi connectivity index (χ4v) is 6.46. The van der Waals surface area contributed by atoms with Crippen molar-refractivity contribution in [1.82, 2.24) is 5.32 Å². The normalized spacial score (nSPS) is 12.9. The van der Waals surface area contributed by atoms with E-state index < -0.39 is 39.8 Å². The Kier molecular flexibility index (Phi) is 11.3. The number of sulfonamides is 1. The number of hydrogen-bond donors (Lipinski definition) is 2. The molecule has 4 aromatic rings. The lowest BCUT2D eigenvalue weighted by Crippen LogP contribution is -2.34. The van der Waals surface area contributed by atoms with E-state index in [2.05, 4.69) is 5.32 Å². The number of anilines is 1. The number of nitrogens with one attached hydrogen (secondary N) is 1. The van der Waals surface area contributed by atoms with Crippen LogP contribution in [0.4, 0.5) is 10.1 Å². The van der Waals surface area contributed by atoms with Gasteiger partial charge in [0.2, 0.25) is 15.8 Å². The molecule has 2 N–H and O–H groups in total. The standard InChI is InChI=1S/C36H37FN2O10S/c1-38-35(42)33-28-19-27(22-8-9-22)29(20-32(28)49-34(33)23-10-12-25(37)13-11-23)39(50(2,45)46)14-17-47-15-3-4-16-48-26-7-5-6-24(18-26)30(40)21-31(41)36(43)44/h5-7,10-13,18-20,22H,3-4,8-9,14-17,21H2,1-2H3,(H,38,42)(H,43,44). The van der Waals surface area contributed by atoms with Crippen molar-refractivity contribution < 1.29 is 51.0 Å². The summed E-state index contributed by atoms with van der Waals surface area (Å²) in [6, 6.07) is 15.2. The van der Waals surface area contributed by atoms with Crippen LogP contribution in [0.25, 0.3) is 22.3 Å². The molecule has 0 aliphatic heterocycles. The Labute approximate surface area is 288 Å². The number of halogens is 1. The zero-order valence-electron chi connectivity index (χ0n) is 27.6. The number of aliphatic carboxylic acids is 1. The van der Waals surface area contributed by atoms with Crippen molar-refractivity contribution in [3.63, 3.8) is 0 Å². The van der Waals surface area contributed by atoms with Gasteiger partial charge in [0.25, 0.3) is 5.91 Å². The van der Waals surface area contributed by atoms with Gasteiger partial charge in [0.05, 0.1) is 43.7 Å². The third-order valence-corrected chi connectivity index (χ3v) is 9.37. The molecule has 0 atom stereocenters. The van der Waals surface area contributed by atoms with Crippen molar-refractivity contribution in [2.45, 2.75) is 38.0 Å². The molecule has 1 aliphatic carbocycles. The molecule has 1 aliphatic rings. The second-order valence-electron chi connectivity index (χ2n) is 11.9. The average Bonchev–Trinajstić information content (AvgIpc) is 3.86. The molecule has 14 heteroatoms. The number of nitrogens with zero attached hydrogens (tertiary/aromatic N) is 1. The molecule has 5 rings (SSSR count). The molecule has 0 radical (unpaired) electrons. The number of rotatable bonds is 18. The third-order valence-electron chi connectivity index (χ3n) is 8.19. The van der Waals surface area contributed by atoms with Crippen LogP contribution in [0, 0.1) is 5.82 Å². The van der Waals surface area contributed by atoms with Gasteiger partial charge >= 0.3 is 5.97 Å². The van der Waals surface area contributed by atoms with Crippen LogP contribution in [0.1, 0.15) is 64.3 Å². The first-order valence-electron chi connectivity index (χ1n) is 16.0. The highest BCUT2D eigenvalue weighted by molar-refractivity contribution is 7.92. The summed E-state index contributed by atoms with van der Waals surface area (Å²) in [5, 5.41) is 11.9. The van der Waals surface area contributed by atoms with E-state index in [-0.39, 0.29) is 41.9 Å². The molecule has 1 amide bonds. The Morgan fingerprint density at radius 1 is 1.00 bits per heavy atom. The molecule has 50 heavy (non-hydrogen) atoms.